The van der Waals surface area contributed by atoms with Crippen LogP contribution >= 0.6 is 0 Å². The highest BCUT2D eigenvalue weighted by molar-refractivity contribution is 6.09. The molecule has 0 saturated heterocycles. The minimum atomic E-state index is -1.96. The van der Waals surface area contributed by atoms with Crippen molar-refractivity contribution in [2.24, 2.45) is 0 Å². The molecule has 4 nitrogen and oxygen atoms in total. The lowest BCUT2D eigenvalue weighted by atomic mass is 9.87. The maximum Gasteiger partial charge on any atom is 0.268 e. The van der Waals surface area contributed by atoms with Gasteiger partial charge in [-0.15, -0.1) is 0 Å². The number of hydrogen-bond donors (Lipinski definition) is 1. The van der Waals surface area contributed by atoms with Crippen LogP contribution in [0.15, 0.2) is 72.8 Å². The predicted molar refractivity (Wildman–Crippen MR) is 100 cm³/mol. The molecule has 4 rings (SSSR count). The van der Waals surface area contributed by atoms with Crippen LogP contribution in [0, 0.1) is 11.6 Å². The van der Waals surface area contributed by atoms with Crippen molar-refractivity contribution < 1.29 is 23.4 Å². The summed E-state index contributed by atoms with van der Waals surface area (Å²) < 4.78 is 32.3. The molecule has 0 spiro atoms. The molecule has 1 N–H and O–H groups in total. The molecule has 0 radical (unpaired) electrons. The number of carbonyl (C=O) groups is 1. The molecule has 1 aliphatic heterocycles. The van der Waals surface area contributed by atoms with Crippen LogP contribution in [-0.4, -0.2) is 24.2 Å². The molecule has 1 unspecified atom stereocenters. The molecule has 1 amide bonds. The van der Waals surface area contributed by atoms with Gasteiger partial charge in [0.15, 0.2) is 5.60 Å². The maximum absolute atomic E-state index is 13.7. The van der Waals surface area contributed by atoms with E-state index in [1.54, 1.807) is 24.3 Å². The smallest absolute Gasteiger partial charge is 0.268 e. The van der Waals surface area contributed by atoms with Crippen LogP contribution in [0.2, 0.25) is 0 Å². The Morgan fingerprint density at radius 1 is 0.929 bits per heavy atom. The first kappa shape index (κ1) is 18.1. The second-order valence-electron chi connectivity index (χ2n) is 6.50. The fraction of sp³-hybridized carbons (Fsp3) is 0.136. The van der Waals surface area contributed by atoms with Gasteiger partial charge in [-0.05, 0) is 42.5 Å². The van der Waals surface area contributed by atoms with Gasteiger partial charge in [-0.2, -0.15) is 0 Å². The van der Waals surface area contributed by atoms with E-state index in [1.165, 1.54) is 47.4 Å². The summed E-state index contributed by atoms with van der Waals surface area (Å²) in [6.45, 7) is 0.315. The Labute approximate surface area is 160 Å². The number of para-hydroxylation sites is 1. The van der Waals surface area contributed by atoms with Crippen LogP contribution in [0.4, 0.5) is 14.5 Å². The number of hydrogen-bond acceptors (Lipinski definition) is 3. The zero-order chi connectivity index (χ0) is 19.7. The van der Waals surface area contributed by atoms with Crippen molar-refractivity contribution in [3.05, 3.63) is 95.6 Å². The largest absolute Gasteiger partial charge is 0.492 e. The zero-order valence-corrected chi connectivity index (χ0v) is 14.8. The summed E-state index contributed by atoms with van der Waals surface area (Å²) in [5, 5.41) is 11.3. The SMILES string of the molecule is O=C1N(CCOc2ccc(F)cc2)c2ccccc2C1(O)c1cccc(F)c1. The van der Waals surface area contributed by atoms with E-state index in [0.717, 1.165) is 6.07 Å². The number of carbonyl (C=O) groups excluding carboxylic acids is 1. The summed E-state index contributed by atoms with van der Waals surface area (Å²) in [7, 11) is 0. The van der Waals surface area contributed by atoms with Crippen LogP contribution < -0.4 is 9.64 Å². The summed E-state index contributed by atoms with van der Waals surface area (Å²) in [6.07, 6.45) is 0. The molecule has 3 aromatic rings. The molecule has 6 heteroatoms. The van der Waals surface area contributed by atoms with E-state index in [1.807, 2.05) is 0 Å². The fourth-order valence-electron chi connectivity index (χ4n) is 3.43. The topological polar surface area (TPSA) is 49.8 Å². The molecule has 0 bridgehead atoms. The van der Waals surface area contributed by atoms with E-state index in [0.29, 0.717) is 17.0 Å². The second-order valence-corrected chi connectivity index (χ2v) is 6.50. The molecule has 1 aliphatic rings. The first-order chi connectivity index (χ1) is 13.5. The highest BCUT2D eigenvalue weighted by Crippen LogP contribution is 2.44. The molecule has 142 valence electrons. The quantitative estimate of drug-likeness (QED) is 0.734. The number of anilines is 1. The van der Waals surface area contributed by atoms with Crippen molar-refractivity contribution in [2.45, 2.75) is 5.60 Å². The number of ether oxygens (including phenoxy) is 1. The average molecular weight is 381 g/mol. The van der Waals surface area contributed by atoms with E-state index in [9.17, 15) is 18.7 Å². The Morgan fingerprint density at radius 2 is 1.68 bits per heavy atom. The van der Waals surface area contributed by atoms with Crippen LogP contribution in [0.5, 0.6) is 5.75 Å². The molecule has 1 heterocycles. The highest BCUT2D eigenvalue weighted by Gasteiger charge is 2.50. The van der Waals surface area contributed by atoms with Gasteiger partial charge in [0.25, 0.3) is 5.91 Å². The number of halogens is 2. The maximum atomic E-state index is 13.7. The third-order valence-corrected chi connectivity index (χ3v) is 4.78. The zero-order valence-electron chi connectivity index (χ0n) is 14.8. The Balaban J connectivity index is 1.61. The number of amides is 1. The van der Waals surface area contributed by atoms with E-state index < -0.39 is 17.3 Å². The van der Waals surface area contributed by atoms with Gasteiger partial charge in [-0.25, -0.2) is 8.78 Å². The lowest BCUT2D eigenvalue weighted by molar-refractivity contribution is -0.132. The van der Waals surface area contributed by atoms with Gasteiger partial charge in [0.2, 0.25) is 0 Å². The monoisotopic (exact) mass is 381 g/mol. The predicted octanol–water partition coefficient (Wildman–Crippen LogP) is 3.63. The fourth-order valence-corrected chi connectivity index (χ4v) is 3.43. The molecule has 28 heavy (non-hydrogen) atoms. The number of aliphatic hydroxyl groups is 1. The Hall–Kier alpha value is -3.25. The van der Waals surface area contributed by atoms with Gasteiger partial charge >= 0.3 is 0 Å². The summed E-state index contributed by atoms with van der Waals surface area (Å²) in [6, 6.07) is 17.8. The minimum absolute atomic E-state index is 0.144. The van der Waals surface area contributed by atoms with Crippen LogP contribution in [0.3, 0.4) is 0 Å². The molecule has 3 aromatic carbocycles. The van der Waals surface area contributed by atoms with E-state index in [4.69, 9.17) is 4.74 Å². The first-order valence-corrected chi connectivity index (χ1v) is 8.78. The van der Waals surface area contributed by atoms with Crippen LogP contribution in [-0.2, 0) is 10.4 Å². The summed E-state index contributed by atoms with van der Waals surface area (Å²) in [4.78, 5) is 14.6. The van der Waals surface area contributed by atoms with Crippen molar-refractivity contribution in [2.75, 3.05) is 18.1 Å². The van der Waals surface area contributed by atoms with Crippen LogP contribution in [0.1, 0.15) is 11.1 Å². The van der Waals surface area contributed by atoms with Crippen LogP contribution in [0.25, 0.3) is 0 Å². The van der Waals surface area contributed by atoms with Crippen molar-refractivity contribution in [1.82, 2.24) is 0 Å². The molecular formula is C22H17F2NO3. The third kappa shape index (κ3) is 3.01. The summed E-state index contributed by atoms with van der Waals surface area (Å²) in [5.41, 5.74) is -0.851. The van der Waals surface area contributed by atoms with Gasteiger partial charge in [-0.1, -0.05) is 30.3 Å². The van der Waals surface area contributed by atoms with Crippen molar-refractivity contribution in [1.29, 1.82) is 0 Å². The molecular weight excluding hydrogens is 364 g/mol. The molecule has 0 fully saturated rings. The van der Waals surface area contributed by atoms with Gasteiger partial charge in [-0.3, -0.25) is 4.79 Å². The molecule has 0 aromatic heterocycles. The Morgan fingerprint density at radius 3 is 2.43 bits per heavy atom. The standard InChI is InChI=1S/C22H17F2NO3/c23-16-8-10-18(11-9-16)28-13-12-25-20-7-2-1-6-19(20)22(27,21(25)26)15-4-3-5-17(24)14-15/h1-11,14,27H,12-13H2. The number of rotatable bonds is 5. The van der Waals surface area contributed by atoms with E-state index >= 15 is 0 Å². The summed E-state index contributed by atoms with van der Waals surface area (Å²) >= 11 is 0. The lowest BCUT2D eigenvalue weighted by Crippen LogP contribution is -2.42. The number of nitrogens with zero attached hydrogens (tertiary/aromatic N) is 1. The van der Waals surface area contributed by atoms with Gasteiger partial charge in [0, 0.05) is 11.1 Å². The van der Waals surface area contributed by atoms with Crippen molar-refractivity contribution >= 4 is 11.6 Å². The second kappa shape index (κ2) is 7.05. The van der Waals surface area contributed by atoms with Gasteiger partial charge in [0.1, 0.15) is 24.0 Å². The normalized spacial score (nSPS) is 18.2. The molecule has 1 atom stereocenters. The average Bonchev–Trinajstić information content (AvgIpc) is 2.92. The third-order valence-electron chi connectivity index (χ3n) is 4.78. The first-order valence-electron chi connectivity index (χ1n) is 8.78. The Kier molecular flexibility index (Phi) is 4.57. The highest BCUT2D eigenvalue weighted by atomic mass is 19.1. The van der Waals surface area contributed by atoms with E-state index in [-0.39, 0.29) is 24.5 Å². The minimum Gasteiger partial charge on any atom is -0.492 e. The van der Waals surface area contributed by atoms with Crippen molar-refractivity contribution in [3.8, 4) is 5.75 Å². The summed E-state index contributed by atoms with van der Waals surface area (Å²) in [5.74, 6) is -0.991. The lowest BCUT2D eigenvalue weighted by Gasteiger charge is -2.24. The van der Waals surface area contributed by atoms with Gasteiger partial charge < -0.3 is 14.7 Å². The molecule has 0 aliphatic carbocycles. The molecule has 0 saturated carbocycles. The number of benzene rings is 3. The number of fused-ring (bicyclic) bond motifs is 1. The van der Waals surface area contributed by atoms with Gasteiger partial charge in [0.05, 0.1) is 12.2 Å². The Bertz CT molecular complexity index is 1020. The van der Waals surface area contributed by atoms with E-state index in [2.05, 4.69) is 0 Å². The van der Waals surface area contributed by atoms with Crippen molar-refractivity contribution in [3.63, 3.8) is 0 Å².